The third-order valence-corrected chi connectivity index (χ3v) is 3.13. The van der Waals surface area contributed by atoms with E-state index >= 15 is 0 Å². The first kappa shape index (κ1) is 16.9. The molecule has 1 unspecified atom stereocenters. The van der Waals surface area contributed by atoms with E-state index in [1.54, 1.807) is 0 Å². The van der Waals surface area contributed by atoms with Crippen LogP contribution in [0.3, 0.4) is 0 Å². The molecule has 0 amide bonds. The SMILES string of the molecule is CCCOCCC(CNCC(C)C)C(C)(C)C. The summed E-state index contributed by atoms with van der Waals surface area (Å²) in [4.78, 5) is 0. The standard InChI is InChI=1S/C15H33NO/c1-7-9-17-10-8-14(15(4,5)6)12-16-11-13(2)3/h13-14,16H,7-12H2,1-6H3. The fourth-order valence-electron chi connectivity index (χ4n) is 1.86. The lowest BCUT2D eigenvalue weighted by atomic mass is 9.79. The van der Waals surface area contributed by atoms with Crippen LogP contribution in [0.5, 0.6) is 0 Å². The summed E-state index contributed by atoms with van der Waals surface area (Å²) in [5.41, 5.74) is 0.361. The van der Waals surface area contributed by atoms with Crippen LogP contribution in [-0.4, -0.2) is 26.3 Å². The van der Waals surface area contributed by atoms with Gasteiger partial charge < -0.3 is 10.1 Å². The van der Waals surface area contributed by atoms with Gasteiger partial charge in [-0.2, -0.15) is 0 Å². The van der Waals surface area contributed by atoms with E-state index < -0.39 is 0 Å². The summed E-state index contributed by atoms with van der Waals surface area (Å²) in [6.07, 6.45) is 2.28. The third kappa shape index (κ3) is 9.61. The molecule has 0 fully saturated rings. The Morgan fingerprint density at radius 1 is 1.06 bits per heavy atom. The van der Waals surface area contributed by atoms with Gasteiger partial charge in [-0.15, -0.1) is 0 Å². The molecule has 17 heavy (non-hydrogen) atoms. The minimum absolute atomic E-state index is 0.361. The van der Waals surface area contributed by atoms with Gasteiger partial charge in [0.2, 0.25) is 0 Å². The number of hydrogen-bond acceptors (Lipinski definition) is 2. The average molecular weight is 243 g/mol. The van der Waals surface area contributed by atoms with Crippen LogP contribution >= 0.6 is 0 Å². The lowest BCUT2D eigenvalue weighted by molar-refractivity contribution is 0.0966. The summed E-state index contributed by atoms with van der Waals surface area (Å²) in [7, 11) is 0. The highest BCUT2D eigenvalue weighted by Crippen LogP contribution is 2.28. The topological polar surface area (TPSA) is 21.3 Å². The Balaban J connectivity index is 3.90. The van der Waals surface area contributed by atoms with Crippen LogP contribution in [0.2, 0.25) is 0 Å². The lowest BCUT2D eigenvalue weighted by Crippen LogP contribution is -2.34. The number of nitrogens with one attached hydrogen (secondary N) is 1. The largest absolute Gasteiger partial charge is 0.381 e. The smallest absolute Gasteiger partial charge is 0.0469 e. The molecular weight excluding hydrogens is 210 g/mol. The first-order valence-corrected chi connectivity index (χ1v) is 7.16. The molecule has 2 heteroatoms. The first-order chi connectivity index (χ1) is 7.88. The maximum absolute atomic E-state index is 5.61. The van der Waals surface area contributed by atoms with Crippen molar-refractivity contribution in [3.63, 3.8) is 0 Å². The van der Waals surface area contributed by atoms with Crippen molar-refractivity contribution in [3.8, 4) is 0 Å². The molecule has 104 valence electrons. The Hall–Kier alpha value is -0.0800. The minimum atomic E-state index is 0.361. The number of ether oxygens (including phenoxy) is 1. The first-order valence-electron chi connectivity index (χ1n) is 7.16. The Kier molecular flexibility index (Phi) is 8.89. The molecule has 0 spiro atoms. The zero-order chi connectivity index (χ0) is 13.3. The fourth-order valence-corrected chi connectivity index (χ4v) is 1.86. The Bertz CT molecular complexity index is 172. The summed E-state index contributed by atoms with van der Waals surface area (Å²) < 4.78 is 5.61. The molecule has 1 atom stereocenters. The van der Waals surface area contributed by atoms with Gasteiger partial charge in [-0.1, -0.05) is 41.5 Å². The van der Waals surface area contributed by atoms with Gasteiger partial charge in [0.1, 0.15) is 0 Å². The molecule has 0 aliphatic heterocycles. The molecule has 0 aliphatic carbocycles. The van der Waals surface area contributed by atoms with E-state index in [1.807, 2.05) is 0 Å². The molecule has 0 saturated heterocycles. The van der Waals surface area contributed by atoms with Crippen LogP contribution in [0.4, 0.5) is 0 Å². The van der Waals surface area contributed by atoms with Gasteiger partial charge in [-0.05, 0) is 43.2 Å². The van der Waals surface area contributed by atoms with Crippen LogP contribution in [-0.2, 0) is 4.74 Å². The Morgan fingerprint density at radius 2 is 1.71 bits per heavy atom. The molecule has 0 aromatic rings. The zero-order valence-corrected chi connectivity index (χ0v) is 12.8. The quantitative estimate of drug-likeness (QED) is 0.623. The van der Waals surface area contributed by atoms with E-state index in [2.05, 4.69) is 46.9 Å². The second-order valence-electron chi connectivity index (χ2n) is 6.52. The van der Waals surface area contributed by atoms with E-state index in [9.17, 15) is 0 Å². The highest BCUT2D eigenvalue weighted by molar-refractivity contribution is 4.76. The van der Waals surface area contributed by atoms with E-state index in [1.165, 1.54) is 0 Å². The number of rotatable bonds is 9. The van der Waals surface area contributed by atoms with Crippen LogP contribution < -0.4 is 5.32 Å². The van der Waals surface area contributed by atoms with E-state index in [0.717, 1.165) is 45.1 Å². The van der Waals surface area contributed by atoms with Crippen molar-refractivity contribution in [1.29, 1.82) is 0 Å². The third-order valence-electron chi connectivity index (χ3n) is 3.13. The highest BCUT2D eigenvalue weighted by Gasteiger charge is 2.23. The van der Waals surface area contributed by atoms with Gasteiger partial charge in [0.15, 0.2) is 0 Å². The number of hydrogen-bond donors (Lipinski definition) is 1. The fraction of sp³-hybridized carbons (Fsp3) is 1.00. The van der Waals surface area contributed by atoms with Crippen LogP contribution in [0.25, 0.3) is 0 Å². The maximum atomic E-state index is 5.61. The van der Waals surface area contributed by atoms with Gasteiger partial charge in [-0.25, -0.2) is 0 Å². The van der Waals surface area contributed by atoms with Gasteiger partial charge >= 0.3 is 0 Å². The van der Waals surface area contributed by atoms with Crippen molar-refractivity contribution in [1.82, 2.24) is 5.32 Å². The molecule has 0 aromatic carbocycles. The average Bonchev–Trinajstić information content (AvgIpc) is 2.19. The second kappa shape index (κ2) is 8.93. The molecule has 2 nitrogen and oxygen atoms in total. The molecule has 0 radical (unpaired) electrons. The van der Waals surface area contributed by atoms with Gasteiger partial charge in [0.25, 0.3) is 0 Å². The van der Waals surface area contributed by atoms with Crippen LogP contribution in [0.15, 0.2) is 0 Å². The monoisotopic (exact) mass is 243 g/mol. The summed E-state index contributed by atoms with van der Waals surface area (Å²) in [6, 6.07) is 0. The molecule has 1 N–H and O–H groups in total. The molecule has 0 aliphatic rings. The van der Waals surface area contributed by atoms with Crippen LogP contribution in [0, 0.1) is 17.3 Å². The van der Waals surface area contributed by atoms with E-state index in [0.29, 0.717) is 11.3 Å². The lowest BCUT2D eigenvalue weighted by Gasteiger charge is -2.31. The van der Waals surface area contributed by atoms with E-state index in [4.69, 9.17) is 4.74 Å². The van der Waals surface area contributed by atoms with Crippen molar-refractivity contribution in [3.05, 3.63) is 0 Å². The molecular formula is C15H33NO. The zero-order valence-electron chi connectivity index (χ0n) is 12.8. The van der Waals surface area contributed by atoms with Crippen molar-refractivity contribution in [2.75, 3.05) is 26.3 Å². The van der Waals surface area contributed by atoms with Crippen LogP contribution in [0.1, 0.15) is 54.4 Å². The van der Waals surface area contributed by atoms with Gasteiger partial charge in [0, 0.05) is 13.2 Å². The molecule has 0 aromatic heterocycles. The van der Waals surface area contributed by atoms with E-state index in [-0.39, 0.29) is 0 Å². The molecule has 0 rings (SSSR count). The van der Waals surface area contributed by atoms with Crippen molar-refractivity contribution in [2.45, 2.75) is 54.4 Å². The summed E-state index contributed by atoms with van der Waals surface area (Å²) in [6.45, 7) is 17.7. The predicted molar refractivity (Wildman–Crippen MR) is 76.4 cm³/mol. The van der Waals surface area contributed by atoms with Crippen molar-refractivity contribution >= 4 is 0 Å². The summed E-state index contributed by atoms with van der Waals surface area (Å²) in [5.74, 6) is 1.42. The minimum Gasteiger partial charge on any atom is -0.381 e. The predicted octanol–water partition coefficient (Wildman–Crippen LogP) is 3.71. The summed E-state index contributed by atoms with van der Waals surface area (Å²) >= 11 is 0. The Morgan fingerprint density at radius 3 is 2.18 bits per heavy atom. The second-order valence-corrected chi connectivity index (χ2v) is 6.52. The summed E-state index contributed by atoms with van der Waals surface area (Å²) in [5, 5.41) is 3.58. The molecule has 0 saturated carbocycles. The molecule has 0 heterocycles. The van der Waals surface area contributed by atoms with Crippen molar-refractivity contribution < 1.29 is 4.74 Å². The maximum Gasteiger partial charge on any atom is 0.0469 e. The normalized spacial score (nSPS) is 14.3. The van der Waals surface area contributed by atoms with Gasteiger partial charge in [-0.3, -0.25) is 0 Å². The Labute approximate surface area is 109 Å². The molecule has 0 bridgehead atoms. The highest BCUT2D eigenvalue weighted by atomic mass is 16.5. The van der Waals surface area contributed by atoms with Crippen molar-refractivity contribution in [2.24, 2.45) is 17.3 Å². The van der Waals surface area contributed by atoms with Gasteiger partial charge in [0.05, 0.1) is 0 Å².